The molecule has 2 aromatic carbocycles. The number of rotatable bonds is 4. The van der Waals surface area contributed by atoms with Gasteiger partial charge in [0.05, 0.1) is 51.3 Å². The highest BCUT2D eigenvalue weighted by molar-refractivity contribution is 6.02. The molecule has 0 aromatic heterocycles. The predicted octanol–water partition coefficient (Wildman–Crippen LogP) is 3.02. The summed E-state index contributed by atoms with van der Waals surface area (Å²) in [5.41, 5.74) is 3.19. The van der Waals surface area contributed by atoms with Crippen molar-refractivity contribution in [3.63, 3.8) is 0 Å². The Morgan fingerprint density at radius 2 is 2.00 bits per heavy atom. The fourth-order valence-electron chi connectivity index (χ4n) is 5.13. The van der Waals surface area contributed by atoms with Crippen molar-refractivity contribution in [2.45, 2.75) is 44.4 Å². The van der Waals surface area contributed by atoms with Gasteiger partial charge in [0.15, 0.2) is 0 Å². The van der Waals surface area contributed by atoms with E-state index in [0.717, 1.165) is 55.1 Å². The molecule has 2 aromatic rings. The summed E-state index contributed by atoms with van der Waals surface area (Å²) in [6.45, 7) is 5.80. The molecule has 5 rings (SSSR count). The molecular formula is C24H30N3O2+. The number of hydrogen-bond acceptors (Lipinski definition) is 4. The topological polar surface area (TPSA) is 38.5 Å². The van der Waals surface area contributed by atoms with Crippen molar-refractivity contribution in [1.29, 1.82) is 0 Å². The molecule has 5 heteroatoms. The van der Waals surface area contributed by atoms with Crippen LogP contribution in [0.2, 0.25) is 0 Å². The number of quaternary nitrogens is 1. The van der Waals surface area contributed by atoms with E-state index in [9.17, 15) is 0 Å². The first-order chi connectivity index (χ1) is 14.2. The monoisotopic (exact) mass is 392 g/mol. The van der Waals surface area contributed by atoms with Crippen LogP contribution < -0.4 is 14.4 Å². The smallest absolute Gasteiger partial charge is 0.208 e. The van der Waals surface area contributed by atoms with Gasteiger partial charge in [-0.3, -0.25) is 0 Å². The first-order valence-corrected chi connectivity index (χ1v) is 10.9. The summed E-state index contributed by atoms with van der Waals surface area (Å²) in [5.74, 6) is 1.91. The van der Waals surface area contributed by atoms with Gasteiger partial charge in [-0.2, -0.15) is 5.10 Å². The Morgan fingerprint density at radius 3 is 2.79 bits per heavy atom. The molecule has 5 nitrogen and oxygen atoms in total. The second-order valence-electron chi connectivity index (χ2n) is 8.43. The first-order valence-electron chi connectivity index (χ1n) is 10.9. The van der Waals surface area contributed by atoms with Gasteiger partial charge >= 0.3 is 0 Å². The van der Waals surface area contributed by atoms with Crippen LogP contribution in [-0.2, 0) is 0 Å². The van der Waals surface area contributed by atoms with Crippen molar-refractivity contribution in [2.24, 2.45) is 5.10 Å². The first kappa shape index (κ1) is 18.5. The van der Waals surface area contributed by atoms with Gasteiger partial charge in [-0.15, -0.1) is 0 Å². The number of hydrogen-bond donors (Lipinski definition) is 1. The maximum atomic E-state index is 6.71. The highest BCUT2D eigenvalue weighted by Gasteiger charge is 2.52. The zero-order chi connectivity index (χ0) is 19.8. The van der Waals surface area contributed by atoms with E-state index in [0.29, 0.717) is 0 Å². The molecular weight excluding hydrogens is 362 g/mol. The fraction of sp³-hybridized carbons (Fsp3) is 0.458. The minimum atomic E-state index is -0.323. The van der Waals surface area contributed by atoms with Crippen LogP contribution in [0.4, 0.5) is 0 Å². The lowest BCUT2D eigenvalue weighted by molar-refractivity contribution is -0.908. The molecule has 0 bridgehead atoms. The molecule has 0 radical (unpaired) electrons. The Bertz CT molecular complexity index is 918. The zero-order valence-corrected chi connectivity index (χ0v) is 17.4. The maximum Gasteiger partial charge on any atom is 0.208 e. The Kier molecular flexibility index (Phi) is 4.70. The number of para-hydroxylation sites is 1. The number of benzene rings is 2. The normalized spacial score (nSPS) is 27.8. The molecule has 0 aliphatic carbocycles. The number of methoxy groups -OCH3 is 1. The summed E-state index contributed by atoms with van der Waals surface area (Å²) in [7, 11) is 1.71. The van der Waals surface area contributed by atoms with Crippen molar-refractivity contribution in [3.05, 3.63) is 59.7 Å². The van der Waals surface area contributed by atoms with Gasteiger partial charge in [0.25, 0.3) is 0 Å². The van der Waals surface area contributed by atoms with Gasteiger partial charge in [0.2, 0.25) is 5.72 Å². The molecule has 0 saturated carbocycles. The quantitative estimate of drug-likeness (QED) is 0.869. The third-order valence-electron chi connectivity index (χ3n) is 6.65. The standard InChI is InChI=1S/C24H29N3O2/c1-3-13-26-14-11-24(12-15-26)27-22(20-9-4-5-10-23(20)29-24)17-21(25-27)18-7-6-8-19(16-18)28-2/h4-10,16,22H,3,11-15,17H2,1-2H3/p+1/t22-/m0/s1. The Labute approximate surface area is 172 Å². The van der Waals surface area contributed by atoms with Crippen molar-refractivity contribution < 1.29 is 14.4 Å². The van der Waals surface area contributed by atoms with Crippen LogP contribution >= 0.6 is 0 Å². The third-order valence-corrected chi connectivity index (χ3v) is 6.65. The third kappa shape index (κ3) is 3.18. The molecule has 0 unspecified atom stereocenters. The highest BCUT2D eigenvalue weighted by atomic mass is 16.5. The van der Waals surface area contributed by atoms with Crippen LogP contribution in [0.3, 0.4) is 0 Å². The van der Waals surface area contributed by atoms with E-state index in [2.05, 4.69) is 48.3 Å². The number of likely N-dealkylation sites (tertiary alicyclic amines) is 1. The predicted molar refractivity (Wildman–Crippen MR) is 114 cm³/mol. The second kappa shape index (κ2) is 7.38. The van der Waals surface area contributed by atoms with Crippen molar-refractivity contribution in [1.82, 2.24) is 5.01 Å². The van der Waals surface area contributed by atoms with E-state index in [1.165, 1.54) is 18.5 Å². The molecule has 1 atom stereocenters. The number of nitrogens with zero attached hydrogens (tertiary/aromatic N) is 2. The molecule has 29 heavy (non-hydrogen) atoms. The van der Waals surface area contributed by atoms with Crippen LogP contribution in [0.15, 0.2) is 53.6 Å². The summed E-state index contributed by atoms with van der Waals surface area (Å²) in [5, 5.41) is 7.46. The summed E-state index contributed by atoms with van der Waals surface area (Å²) in [6, 6.07) is 17.0. The van der Waals surface area contributed by atoms with E-state index in [1.54, 1.807) is 12.0 Å². The summed E-state index contributed by atoms with van der Waals surface area (Å²) in [6.07, 6.45) is 4.17. The molecule has 1 spiro atoms. The van der Waals surface area contributed by atoms with Crippen LogP contribution in [0.25, 0.3) is 0 Å². The van der Waals surface area contributed by atoms with E-state index < -0.39 is 0 Å². The van der Waals surface area contributed by atoms with Crippen molar-refractivity contribution >= 4 is 5.71 Å². The van der Waals surface area contributed by atoms with Gasteiger partial charge in [0, 0.05) is 17.5 Å². The highest BCUT2D eigenvalue weighted by Crippen LogP contribution is 2.49. The summed E-state index contributed by atoms with van der Waals surface area (Å²) in [4.78, 5) is 1.69. The molecule has 1 fully saturated rings. The average molecular weight is 393 g/mol. The van der Waals surface area contributed by atoms with Crippen molar-refractivity contribution in [2.75, 3.05) is 26.7 Å². The van der Waals surface area contributed by atoms with Crippen LogP contribution in [0.1, 0.15) is 49.8 Å². The molecule has 1 saturated heterocycles. The van der Waals surface area contributed by atoms with Gasteiger partial charge in [-0.05, 0) is 24.6 Å². The molecule has 152 valence electrons. The number of fused-ring (bicyclic) bond motifs is 4. The second-order valence-corrected chi connectivity index (χ2v) is 8.43. The zero-order valence-electron chi connectivity index (χ0n) is 17.4. The van der Waals surface area contributed by atoms with E-state index >= 15 is 0 Å². The molecule has 0 amide bonds. The van der Waals surface area contributed by atoms with Crippen LogP contribution in [-0.4, -0.2) is 43.2 Å². The maximum absolute atomic E-state index is 6.71. The largest absolute Gasteiger partial charge is 0.497 e. The fourth-order valence-corrected chi connectivity index (χ4v) is 5.13. The van der Waals surface area contributed by atoms with Crippen LogP contribution in [0, 0.1) is 0 Å². The molecule has 3 aliphatic rings. The molecule has 1 N–H and O–H groups in total. The lowest BCUT2D eigenvalue weighted by Crippen LogP contribution is -3.14. The number of piperidine rings is 1. The van der Waals surface area contributed by atoms with Crippen LogP contribution in [0.5, 0.6) is 11.5 Å². The number of ether oxygens (including phenoxy) is 2. The number of nitrogens with one attached hydrogen (secondary N) is 1. The Balaban J connectivity index is 1.51. The Morgan fingerprint density at radius 1 is 1.17 bits per heavy atom. The lowest BCUT2D eigenvalue weighted by Gasteiger charge is -2.50. The lowest BCUT2D eigenvalue weighted by atomic mass is 9.90. The minimum absolute atomic E-state index is 0.244. The van der Waals surface area contributed by atoms with Gasteiger partial charge < -0.3 is 14.4 Å². The summed E-state index contributed by atoms with van der Waals surface area (Å²) < 4.78 is 12.1. The van der Waals surface area contributed by atoms with Gasteiger partial charge in [0.1, 0.15) is 11.5 Å². The number of hydrazone groups is 1. The minimum Gasteiger partial charge on any atom is -0.497 e. The van der Waals surface area contributed by atoms with E-state index in [1.807, 2.05) is 12.1 Å². The summed E-state index contributed by atoms with van der Waals surface area (Å²) >= 11 is 0. The Hall–Kier alpha value is -2.53. The average Bonchev–Trinajstić information content (AvgIpc) is 3.23. The van der Waals surface area contributed by atoms with Gasteiger partial charge in [-0.25, -0.2) is 5.01 Å². The molecule has 3 aliphatic heterocycles. The van der Waals surface area contributed by atoms with E-state index in [-0.39, 0.29) is 11.8 Å². The van der Waals surface area contributed by atoms with Crippen molar-refractivity contribution in [3.8, 4) is 11.5 Å². The van der Waals surface area contributed by atoms with Gasteiger partial charge in [-0.1, -0.05) is 37.3 Å². The molecule has 3 heterocycles. The van der Waals surface area contributed by atoms with E-state index in [4.69, 9.17) is 14.6 Å². The SMILES string of the molecule is CCC[NH+]1CCC2(CC1)Oc1ccccc1[C@@H]1CC(c3cccc(OC)c3)=NN12.